The van der Waals surface area contributed by atoms with Crippen LogP contribution in [-0.2, 0) is 4.74 Å². The molecule has 144 valence electrons. The van der Waals surface area contributed by atoms with Gasteiger partial charge in [-0.15, -0.1) is 0 Å². The zero-order chi connectivity index (χ0) is 19.1. The van der Waals surface area contributed by atoms with Crippen molar-refractivity contribution >= 4 is 17.5 Å². The maximum absolute atomic E-state index is 13.6. The van der Waals surface area contributed by atoms with Gasteiger partial charge in [0.15, 0.2) is 5.82 Å². The highest BCUT2D eigenvalue weighted by Gasteiger charge is 2.44. The third-order valence-corrected chi connectivity index (χ3v) is 5.82. The van der Waals surface area contributed by atoms with Crippen LogP contribution >= 0.6 is 0 Å². The number of nitrogens with zero attached hydrogens (tertiary/aromatic N) is 6. The minimum Gasteiger partial charge on any atom is -0.378 e. The minimum atomic E-state index is -0.213. The summed E-state index contributed by atoms with van der Waals surface area (Å²) < 4.78 is 19.0. The van der Waals surface area contributed by atoms with Gasteiger partial charge in [0.1, 0.15) is 17.4 Å². The van der Waals surface area contributed by atoms with E-state index in [1.807, 2.05) is 6.07 Å². The Bertz CT molecular complexity index is 925. The van der Waals surface area contributed by atoms with Gasteiger partial charge in [-0.25, -0.2) is 9.37 Å². The maximum Gasteiger partial charge on any atom is 0.227 e. The second-order valence-electron chi connectivity index (χ2n) is 7.45. The smallest absolute Gasteiger partial charge is 0.227 e. The summed E-state index contributed by atoms with van der Waals surface area (Å²) in [6.07, 6.45) is 2.61. The molecule has 28 heavy (non-hydrogen) atoms. The van der Waals surface area contributed by atoms with E-state index in [0.29, 0.717) is 36.6 Å². The molecule has 3 saturated heterocycles. The Balaban J connectivity index is 1.40. The van der Waals surface area contributed by atoms with Crippen molar-refractivity contribution in [1.82, 2.24) is 9.97 Å². The fraction of sp³-hybridized carbons (Fsp3) is 0.450. The number of hydrogen-bond donors (Lipinski definition) is 0. The second-order valence-corrected chi connectivity index (χ2v) is 7.45. The number of hydrogen-bond acceptors (Lipinski definition) is 7. The third kappa shape index (κ3) is 2.92. The molecule has 0 amide bonds. The Morgan fingerprint density at radius 3 is 2.64 bits per heavy atom. The first-order valence-electron chi connectivity index (χ1n) is 9.61. The molecule has 4 heterocycles. The number of halogens is 1. The average molecular weight is 380 g/mol. The molecular formula is C20H21FN6O. The average Bonchev–Trinajstić information content (AvgIpc) is 3.35. The van der Waals surface area contributed by atoms with Crippen LogP contribution in [0.5, 0.6) is 0 Å². The van der Waals surface area contributed by atoms with Crippen LogP contribution in [0.3, 0.4) is 0 Å². The van der Waals surface area contributed by atoms with Crippen LogP contribution in [0.1, 0.15) is 12.0 Å². The Morgan fingerprint density at radius 2 is 1.93 bits per heavy atom. The first kappa shape index (κ1) is 17.2. The van der Waals surface area contributed by atoms with Crippen molar-refractivity contribution in [2.75, 3.05) is 54.1 Å². The zero-order valence-corrected chi connectivity index (χ0v) is 15.5. The number of aromatic nitrogens is 2. The summed E-state index contributed by atoms with van der Waals surface area (Å²) in [4.78, 5) is 15.8. The quantitative estimate of drug-likeness (QED) is 0.804. The van der Waals surface area contributed by atoms with E-state index in [0.717, 1.165) is 38.3 Å². The highest BCUT2D eigenvalue weighted by atomic mass is 19.1. The van der Waals surface area contributed by atoms with Gasteiger partial charge in [0, 0.05) is 37.9 Å². The lowest BCUT2D eigenvalue weighted by Crippen LogP contribution is -2.47. The van der Waals surface area contributed by atoms with E-state index >= 15 is 0 Å². The van der Waals surface area contributed by atoms with Gasteiger partial charge < -0.3 is 19.4 Å². The number of ether oxygens (including phenoxy) is 1. The largest absolute Gasteiger partial charge is 0.378 e. The van der Waals surface area contributed by atoms with Gasteiger partial charge >= 0.3 is 0 Å². The first-order valence-corrected chi connectivity index (χ1v) is 9.61. The topological polar surface area (TPSA) is 68.5 Å². The van der Waals surface area contributed by atoms with E-state index in [1.54, 1.807) is 18.3 Å². The lowest BCUT2D eigenvalue weighted by Gasteiger charge is -2.37. The Labute approximate surface area is 163 Å². The monoisotopic (exact) mass is 380 g/mol. The fourth-order valence-electron chi connectivity index (χ4n) is 4.47. The molecule has 0 unspecified atom stereocenters. The van der Waals surface area contributed by atoms with Crippen LogP contribution in [0.2, 0.25) is 0 Å². The van der Waals surface area contributed by atoms with Crippen LogP contribution < -0.4 is 14.7 Å². The van der Waals surface area contributed by atoms with Crippen LogP contribution in [0.4, 0.5) is 21.8 Å². The maximum atomic E-state index is 13.6. The molecule has 5 rings (SSSR count). The summed E-state index contributed by atoms with van der Waals surface area (Å²) in [5.74, 6) is 1.15. The molecule has 0 aliphatic carbocycles. The molecule has 7 nitrogen and oxygen atoms in total. The van der Waals surface area contributed by atoms with Crippen molar-refractivity contribution in [2.24, 2.45) is 0 Å². The molecule has 1 aromatic heterocycles. The highest BCUT2D eigenvalue weighted by Crippen LogP contribution is 2.38. The van der Waals surface area contributed by atoms with Crippen LogP contribution in [0.15, 0.2) is 30.5 Å². The van der Waals surface area contributed by atoms with E-state index in [2.05, 4.69) is 25.8 Å². The fourth-order valence-corrected chi connectivity index (χ4v) is 4.47. The van der Waals surface area contributed by atoms with Gasteiger partial charge in [0.05, 0.1) is 25.5 Å². The summed E-state index contributed by atoms with van der Waals surface area (Å²) in [6, 6.07) is 9.55. The number of piperazine rings is 1. The van der Waals surface area contributed by atoms with Crippen LogP contribution in [0, 0.1) is 17.1 Å². The van der Waals surface area contributed by atoms with E-state index in [1.165, 1.54) is 6.07 Å². The van der Waals surface area contributed by atoms with Crippen molar-refractivity contribution in [3.8, 4) is 6.07 Å². The van der Waals surface area contributed by atoms with E-state index in [9.17, 15) is 9.65 Å². The molecule has 3 fully saturated rings. The summed E-state index contributed by atoms with van der Waals surface area (Å²) >= 11 is 0. The molecule has 0 radical (unpaired) electrons. The molecule has 2 atom stereocenters. The third-order valence-electron chi connectivity index (χ3n) is 5.82. The SMILES string of the molecule is N#Cc1cnc(N2CCOCC2)nc1N1C[C@@H]2C[C@H]1CN2c1cccc(F)c1. The van der Waals surface area contributed by atoms with Gasteiger partial charge in [0.2, 0.25) is 5.95 Å². The van der Waals surface area contributed by atoms with E-state index < -0.39 is 0 Å². The predicted octanol–water partition coefficient (Wildman–Crippen LogP) is 1.79. The van der Waals surface area contributed by atoms with Crippen LogP contribution in [-0.4, -0.2) is 61.4 Å². The molecule has 0 saturated carbocycles. The van der Waals surface area contributed by atoms with Gasteiger partial charge in [0.25, 0.3) is 0 Å². The molecule has 0 N–H and O–H groups in total. The summed E-state index contributed by atoms with van der Waals surface area (Å²) in [5.41, 5.74) is 1.42. The normalized spacial score (nSPS) is 23.9. The number of rotatable bonds is 3. The number of fused-ring (bicyclic) bond motifs is 2. The molecule has 3 aliphatic rings. The molecule has 3 aliphatic heterocycles. The summed E-state index contributed by atoms with van der Waals surface area (Å²) in [7, 11) is 0. The van der Waals surface area contributed by atoms with Gasteiger partial charge in [-0.2, -0.15) is 10.2 Å². The Morgan fingerprint density at radius 1 is 1.14 bits per heavy atom. The Kier molecular flexibility index (Phi) is 4.24. The lowest BCUT2D eigenvalue weighted by molar-refractivity contribution is 0.122. The predicted molar refractivity (Wildman–Crippen MR) is 103 cm³/mol. The zero-order valence-electron chi connectivity index (χ0n) is 15.5. The van der Waals surface area contributed by atoms with Gasteiger partial charge in [-0.3, -0.25) is 0 Å². The molecular weight excluding hydrogens is 359 g/mol. The van der Waals surface area contributed by atoms with Crippen molar-refractivity contribution < 1.29 is 9.13 Å². The van der Waals surface area contributed by atoms with E-state index in [-0.39, 0.29) is 11.9 Å². The van der Waals surface area contributed by atoms with Gasteiger partial charge in [-0.05, 0) is 24.6 Å². The molecule has 2 aromatic rings. The molecule has 8 heteroatoms. The number of nitriles is 1. The van der Waals surface area contributed by atoms with Crippen molar-refractivity contribution in [1.29, 1.82) is 5.26 Å². The summed E-state index contributed by atoms with van der Waals surface area (Å²) in [6.45, 7) is 4.41. The molecule has 2 bridgehead atoms. The highest BCUT2D eigenvalue weighted by molar-refractivity contribution is 5.61. The van der Waals surface area contributed by atoms with E-state index in [4.69, 9.17) is 9.72 Å². The standard InChI is InChI=1S/C20H21FN6O/c21-15-2-1-3-16(8-15)26-12-18-9-17(26)13-27(18)19-14(10-22)11-23-20(24-19)25-4-6-28-7-5-25/h1-3,8,11,17-18H,4-7,9,12-13H2/t17-,18-/m0/s1. The van der Waals surface area contributed by atoms with Crippen molar-refractivity contribution in [3.63, 3.8) is 0 Å². The van der Waals surface area contributed by atoms with Crippen molar-refractivity contribution in [3.05, 3.63) is 41.8 Å². The van der Waals surface area contributed by atoms with Crippen molar-refractivity contribution in [2.45, 2.75) is 18.5 Å². The Hall–Kier alpha value is -2.92. The molecule has 0 spiro atoms. The second kappa shape index (κ2) is 6.91. The minimum absolute atomic E-state index is 0.213. The number of benzene rings is 1. The first-order chi connectivity index (χ1) is 13.7. The summed E-state index contributed by atoms with van der Waals surface area (Å²) in [5, 5.41) is 9.57. The van der Waals surface area contributed by atoms with Gasteiger partial charge in [-0.1, -0.05) is 6.07 Å². The number of anilines is 3. The molecule has 1 aromatic carbocycles. The lowest BCUT2D eigenvalue weighted by atomic mass is 10.2. The van der Waals surface area contributed by atoms with Crippen LogP contribution in [0.25, 0.3) is 0 Å². The number of morpholine rings is 1.